The lowest BCUT2D eigenvalue weighted by atomic mass is 9.62. The fourth-order valence-electron chi connectivity index (χ4n) is 7.75. The molecule has 1 aliphatic carbocycles. The molecule has 360 valence electrons. The van der Waals surface area contributed by atoms with Crippen LogP contribution in [0.5, 0.6) is 11.6 Å². The SMILES string of the molecule is Cc1cc2c(cc1/C(=N\OCCOCCOCCOCCOCCOc1cccc(N(C)CCOc3ccc(CC4SC(=O)NC4=O)cc3)n1)c1ccc(C(=O)O)cc1)C(C)(C)CCC2(C)C. The molecule has 1 aliphatic heterocycles. The summed E-state index contributed by atoms with van der Waals surface area (Å²) in [6.07, 6.45) is 2.69. The number of aromatic nitrogens is 1. The Balaban J connectivity index is 0.801. The van der Waals surface area contributed by atoms with Gasteiger partial charge in [0.05, 0.1) is 70.2 Å². The molecule has 15 nitrogen and oxygen atoms in total. The third-order valence-electron chi connectivity index (χ3n) is 11.8. The van der Waals surface area contributed by atoms with Crippen LogP contribution in [0.4, 0.5) is 10.6 Å². The minimum Gasteiger partial charge on any atom is -0.492 e. The number of carbonyl (C=O) groups excluding carboxylic acids is 2. The van der Waals surface area contributed by atoms with E-state index >= 15 is 0 Å². The van der Waals surface area contributed by atoms with Gasteiger partial charge in [-0.25, -0.2) is 4.79 Å². The normalized spacial score (nSPS) is 16.3. The smallest absolute Gasteiger partial charge is 0.335 e. The van der Waals surface area contributed by atoms with Gasteiger partial charge < -0.3 is 43.3 Å². The second-order valence-electron chi connectivity index (χ2n) is 17.8. The number of fused-ring (bicyclic) bond motifs is 1. The third-order valence-corrected chi connectivity index (χ3v) is 12.8. The van der Waals surface area contributed by atoms with Gasteiger partial charge in [-0.15, -0.1) is 0 Å². The molecule has 2 N–H and O–H groups in total. The second-order valence-corrected chi connectivity index (χ2v) is 18.9. The summed E-state index contributed by atoms with van der Waals surface area (Å²) in [4.78, 5) is 47.2. The summed E-state index contributed by atoms with van der Waals surface area (Å²) >= 11 is 1.02. The van der Waals surface area contributed by atoms with Crippen molar-refractivity contribution in [2.45, 2.75) is 70.0 Å². The van der Waals surface area contributed by atoms with Gasteiger partial charge in [-0.3, -0.25) is 14.9 Å². The number of benzene rings is 3. The van der Waals surface area contributed by atoms with Crippen molar-refractivity contribution in [1.29, 1.82) is 0 Å². The number of ether oxygens (including phenoxy) is 6. The van der Waals surface area contributed by atoms with Gasteiger partial charge in [0.1, 0.15) is 37.1 Å². The number of rotatable bonds is 27. The van der Waals surface area contributed by atoms with Crippen molar-refractivity contribution in [2.75, 3.05) is 91.2 Å². The molecule has 1 atom stereocenters. The first-order valence-corrected chi connectivity index (χ1v) is 23.6. The summed E-state index contributed by atoms with van der Waals surface area (Å²) < 4.78 is 34.4. The van der Waals surface area contributed by atoms with Crippen LogP contribution in [0.2, 0.25) is 0 Å². The average Bonchev–Trinajstić information content (AvgIpc) is 3.63. The number of oxime groups is 1. The number of hydrogen-bond donors (Lipinski definition) is 2. The molecule has 2 heterocycles. The van der Waals surface area contributed by atoms with E-state index < -0.39 is 11.2 Å². The van der Waals surface area contributed by atoms with Gasteiger partial charge in [0.25, 0.3) is 5.24 Å². The van der Waals surface area contributed by atoms with Crippen molar-refractivity contribution in [3.8, 4) is 11.6 Å². The zero-order valence-corrected chi connectivity index (χ0v) is 40.3. The predicted molar refractivity (Wildman–Crippen MR) is 258 cm³/mol. The summed E-state index contributed by atoms with van der Waals surface area (Å²) in [5, 5.41) is 15.7. The van der Waals surface area contributed by atoms with Crippen molar-refractivity contribution in [3.63, 3.8) is 0 Å². The first-order valence-electron chi connectivity index (χ1n) is 22.7. The Morgan fingerprint density at radius 3 is 1.94 bits per heavy atom. The van der Waals surface area contributed by atoms with Crippen molar-refractivity contribution >= 4 is 40.4 Å². The molecule has 2 amide bonds. The second kappa shape index (κ2) is 24.5. The zero-order chi connectivity index (χ0) is 47.8. The van der Waals surface area contributed by atoms with Gasteiger partial charge >= 0.3 is 5.97 Å². The van der Waals surface area contributed by atoms with Crippen molar-refractivity contribution < 1.29 is 52.7 Å². The minimum atomic E-state index is -0.980. The number of nitrogens with zero attached hydrogens (tertiary/aromatic N) is 3. The Morgan fingerprint density at radius 2 is 1.34 bits per heavy atom. The van der Waals surface area contributed by atoms with Crippen molar-refractivity contribution in [1.82, 2.24) is 10.3 Å². The Labute approximate surface area is 397 Å². The number of aryl methyl sites for hydroxylation is 1. The van der Waals surface area contributed by atoms with Crippen molar-refractivity contribution in [3.05, 3.63) is 118 Å². The molecule has 67 heavy (non-hydrogen) atoms. The van der Waals surface area contributed by atoms with E-state index in [4.69, 9.17) is 33.3 Å². The molecule has 0 spiro atoms. The Hall–Kier alpha value is -5.52. The zero-order valence-electron chi connectivity index (χ0n) is 39.5. The highest BCUT2D eigenvalue weighted by Gasteiger charge is 2.38. The number of carboxylic acids is 1. The fraction of sp³-hybridized carbons (Fsp3) is 0.471. The molecular formula is C51H64N4O11S. The molecule has 2 aliphatic rings. The van der Waals surface area contributed by atoms with Crippen LogP contribution in [0.3, 0.4) is 0 Å². The molecule has 16 heteroatoms. The van der Waals surface area contributed by atoms with Gasteiger partial charge in [0, 0.05) is 24.2 Å². The molecule has 1 fully saturated rings. The Morgan fingerprint density at radius 1 is 0.761 bits per heavy atom. The predicted octanol–water partition coefficient (Wildman–Crippen LogP) is 7.76. The summed E-state index contributed by atoms with van der Waals surface area (Å²) in [6, 6.07) is 24.4. The number of imide groups is 1. The molecule has 0 radical (unpaired) electrons. The lowest BCUT2D eigenvalue weighted by Gasteiger charge is -2.42. The quantitative estimate of drug-likeness (QED) is 0.0337. The topological polar surface area (TPSA) is 177 Å². The average molecular weight is 941 g/mol. The highest BCUT2D eigenvalue weighted by Crippen LogP contribution is 2.46. The van der Waals surface area contributed by atoms with E-state index in [1.54, 1.807) is 30.3 Å². The van der Waals surface area contributed by atoms with Crippen molar-refractivity contribution in [2.24, 2.45) is 5.16 Å². The molecule has 1 aromatic heterocycles. The number of carboxylic acid groups (broad SMARTS) is 1. The van der Waals surface area contributed by atoms with Crippen LogP contribution in [0.15, 0.2) is 84.0 Å². The minimum absolute atomic E-state index is 0.00820. The highest BCUT2D eigenvalue weighted by atomic mass is 32.2. The van der Waals surface area contributed by atoms with Gasteiger partial charge in [0.15, 0.2) is 0 Å². The summed E-state index contributed by atoms with van der Waals surface area (Å²) in [7, 11) is 1.93. The van der Waals surface area contributed by atoms with Gasteiger partial charge in [-0.2, -0.15) is 4.98 Å². The number of carbonyl (C=O) groups is 3. The van der Waals surface area contributed by atoms with E-state index in [-0.39, 0.29) is 34.1 Å². The molecule has 4 aromatic rings. The number of amides is 2. The van der Waals surface area contributed by atoms with Crippen LogP contribution < -0.4 is 19.7 Å². The van der Waals surface area contributed by atoms with Crippen LogP contribution >= 0.6 is 11.8 Å². The first kappa shape index (κ1) is 50.9. The van der Waals surface area contributed by atoms with Crippen LogP contribution in [-0.2, 0) is 45.8 Å². The number of likely N-dealkylation sites (N-methyl/N-ethyl adjacent to an activating group) is 1. The molecule has 6 rings (SSSR count). The summed E-state index contributed by atoms with van der Waals surface area (Å²) in [5.41, 5.74) is 7.38. The monoisotopic (exact) mass is 940 g/mol. The standard InChI is InChI=1S/C51H64N4O11S/c1-35-32-41-42(51(4,5)19-18-50(41,2)3)34-40(35)46(37-12-14-38(15-13-37)48(57)58)54-66-31-29-63-27-25-61-23-22-60-24-26-62-28-30-65-45-9-7-8-44(52-45)55(6)20-21-64-39-16-10-36(11-17-39)33-43-47(56)53-49(59)67-43/h7-17,32,34,43H,18-31,33H2,1-6H3,(H,57,58)(H,53,56,59)/b54-46-. The molecule has 0 bridgehead atoms. The molecule has 1 unspecified atom stereocenters. The van der Waals surface area contributed by atoms with Gasteiger partial charge in [0.2, 0.25) is 11.8 Å². The molecule has 1 saturated heterocycles. The highest BCUT2D eigenvalue weighted by molar-refractivity contribution is 8.15. The third kappa shape index (κ3) is 15.0. The number of anilines is 1. The lowest BCUT2D eigenvalue weighted by molar-refractivity contribution is -0.118. The molecule has 3 aromatic carbocycles. The van der Waals surface area contributed by atoms with E-state index in [1.165, 1.54) is 11.1 Å². The van der Waals surface area contributed by atoms with E-state index in [1.807, 2.05) is 48.3 Å². The Kier molecular flexibility index (Phi) is 18.6. The maximum Gasteiger partial charge on any atom is 0.335 e. The van der Waals surface area contributed by atoms with E-state index in [9.17, 15) is 19.5 Å². The Bertz CT molecular complexity index is 2300. The maximum atomic E-state index is 11.8. The fourth-order valence-corrected chi connectivity index (χ4v) is 8.61. The van der Waals surface area contributed by atoms with E-state index in [0.29, 0.717) is 90.6 Å². The molecular weight excluding hydrogens is 877 g/mol. The van der Waals surface area contributed by atoms with Crippen LogP contribution in [0.1, 0.15) is 84.3 Å². The van der Waals surface area contributed by atoms with Crippen LogP contribution in [-0.4, -0.2) is 124 Å². The largest absolute Gasteiger partial charge is 0.492 e. The van der Waals surface area contributed by atoms with Gasteiger partial charge in [-0.1, -0.05) is 81.0 Å². The summed E-state index contributed by atoms with van der Waals surface area (Å²) in [5.74, 6) is 0.741. The van der Waals surface area contributed by atoms with Crippen LogP contribution in [0.25, 0.3) is 0 Å². The first-order chi connectivity index (χ1) is 32.2. The number of aromatic carboxylic acids is 1. The summed E-state index contributed by atoms with van der Waals surface area (Å²) in [6.45, 7) is 16.1. The maximum absolute atomic E-state index is 11.8. The van der Waals surface area contributed by atoms with E-state index in [2.05, 4.69) is 62.2 Å². The molecule has 0 saturated carbocycles. The number of hydrogen-bond acceptors (Lipinski definition) is 14. The lowest BCUT2D eigenvalue weighted by Crippen LogP contribution is -2.34. The number of nitrogens with one attached hydrogen (secondary N) is 1. The van der Waals surface area contributed by atoms with Gasteiger partial charge in [-0.05, 0) is 95.7 Å². The number of thioether (sulfide) groups is 1. The van der Waals surface area contributed by atoms with Crippen LogP contribution in [0, 0.1) is 6.92 Å². The van der Waals surface area contributed by atoms with E-state index in [0.717, 1.165) is 58.4 Å². The number of pyridine rings is 1.